The molecule has 4 aliphatic rings. The topological polar surface area (TPSA) is 37.3 Å². The van der Waals surface area contributed by atoms with Gasteiger partial charge in [-0.05, 0) is 81.0 Å². The number of aliphatic hydroxyl groups is 1. The van der Waals surface area contributed by atoms with Crippen molar-refractivity contribution in [1.29, 1.82) is 0 Å². The Labute approximate surface area is 116 Å². The number of hydrogen-bond donors (Lipinski definition) is 1. The van der Waals surface area contributed by atoms with Gasteiger partial charge in [-0.25, -0.2) is 0 Å². The maximum absolute atomic E-state index is 12.0. The van der Waals surface area contributed by atoms with Gasteiger partial charge < -0.3 is 5.11 Å². The van der Waals surface area contributed by atoms with Crippen molar-refractivity contribution < 1.29 is 9.90 Å². The summed E-state index contributed by atoms with van der Waals surface area (Å²) >= 11 is 0. The fourth-order valence-electron chi connectivity index (χ4n) is 6.08. The van der Waals surface area contributed by atoms with Crippen molar-refractivity contribution in [3.05, 3.63) is 0 Å². The Bertz CT molecular complexity index is 377. The van der Waals surface area contributed by atoms with Crippen molar-refractivity contribution in [2.45, 2.75) is 63.9 Å². The number of carbonyl (C=O) groups is 1. The average Bonchev–Trinajstić information content (AvgIpc) is 2.78. The van der Waals surface area contributed by atoms with Gasteiger partial charge in [0.05, 0.1) is 6.10 Å². The Morgan fingerprint density at radius 3 is 2.53 bits per heavy atom. The van der Waals surface area contributed by atoms with Gasteiger partial charge in [-0.3, -0.25) is 4.79 Å². The molecule has 4 aliphatic carbocycles. The molecule has 0 aromatic carbocycles. The average molecular weight is 262 g/mol. The molecule has 7 atom stereocenters. The molecule has 4 saturated carbocycles. The van der Waals surface area contributed by atoms with Gasteiger partial charge in [0.15, 0.2) is 0 Å². The first-order valence-electron chi connectivity index (χ1n) is 8.43. The van der Waals surface area contributed by atoms with Crippen LogP contribution in [-0.2, 0) is 4.79 Å². The summed E-state index contributed by atoms with van der Waals surface area (Å²) in [5, 5.41) is 9.88. The normalized spacial score (nSPS) is 53.3. The molecule has 0 saturated heterocycles. The van der Waals surface area contributed by atoms with E-state index in [9.17, 15) is 9.90 Å². The van der Waals surface area contributed by atoms with Gasteiger partial charge in [-0.1, -0.05) is 0 Å². The molecule has 0 radical (unpaired) electrons. The lowest BCUT2D eigenvalue weighted by atomic mass is 9.55. The second-order valence-corrected chi connectivity index (χ2v) is 7.74. The summed E-state index contributed by atoms with van der Waals surface area (Å²) in [5.74, 6) is 5.12. The van der Waals surface area contributed by atoms with Crippen LogP contribution in [0.3, 0.4) is 0 Å². The van der Waals surface area contributed by atoms with Crippen LogP contribution in [0.5, 0.6) is 0 Å². The predicted octanol–water partition coefficient (Wildman–Crippen LogP) is 3.18. The van der Waals surface area contributed by atoms with E-state index in [-0.39, 0.29) is 6.10 Å². The first kappa shape index (κ1) is 12.4. The molecule has 19 heavy (non-hydrogen) atoms. The van der Waals surface area contributed by atoms with Gasteiger partial charge in [0, 0.05) is 12.3 Å². The third-order valence-corrected chi connectivity index (χ3v) is 6.95. The number of hydrogen-bond acceptors (Lipinski definition) is 2. The minimum absolute atomic E-state index is 0.0257. The van der Waals surface area contributed by atoms with Crippen molar-refractivity contribution in [3.8, 4) is 0 Å². The zero-order valence-electron chi connectivity index (χ0n) is 11.8. The molecule has 0 heterocycles. The summed E-state index contributed by atoms with van der Waals surface area (Å²) in [6.45, 7) is 0. The second-order valence-electron chi connectivity index (χ2n) is 7.74. The van der Waals surface area contributed by atoms with Crippen LogP contribution in [0.25, 0.3) is 0 Å². The highest BCUT2D eigenvalue weighted by atomic mass is 16.3. The molecule has 2 heteroatoms. The van der Waals surface area contributed by atoms with Crippen molar-refractivity contribution in [1.82, 2.24) is 0 Å². The van der Waals surface area contributed by atoms with Gasteiger partial charge in [0.2, 0.25) is 0 Å². The van der Waals surface area contributed by atoms with Crippen LogP contribution >= 0.6 is 0 Å². The summed E-state index contributed by atoms with van der Waals surface area (Å²) < 4.78 is 0. The number of Topliss-reactive ketones (excluding diaryl/α,β-unsaturated/α-hetero) is 1. The Morgan fingerprint density at radius 1 is 0.789 bits per heavy atom. The van der Waals surface area contributed by atoms with Gasteiger partial charge in [-0.15, -0.1) is 0 Å². The van der Waals surface area contributed by atoms with Crippen molar-refractivity contribution in [3.63, 3.8) is 0 Å². The van der Waals surface area contributed by atoms with E-state index in [0.717, 1.165) is 48.9 Å². The van der Waals surface area contributed by atoms with Crippen LogP contribution in [0, 0.1) is 35.5 Å². The third kappa shape index (κ3) is 1.98. The van der Waals surface area contributed by atoms with Gasteiger partial charge in [0.25, 0.3) is 0 Å². The summed E-state index contributed by atoms with van der Waals surface area (Å²) in [4.78, 5) is 12.0. The van der Waals surface area contributed by atoms with E-state index in [1.165, 1.54) is 38.5 Å². The minimum atomic E-state index is -0.0257. The molecule has 0 aromatic heterocycles. The Balaban J connectivity index is 1.52. The van der Waals surface area contributed by atoms with Crippen molar-refractivity contribution in [2.75, 3.05) is 0 Å². The zero-order chi connectivity index (χ0) is 13.0. The van der Waals surface area contributed by atoms with E-state index in [4.69, 9.17) is 0 Å². The monoisotopic (exact) mass is 262 g/mol. The van der Waals surface area contributed by atoms with Gasteiger partial charge >= 0.3 is 0 Å². The number of ketones is 1. The SMILES string of the molecule is O=C1CC[C@H]2C1CC[C@H]1C[C@H]3C[C@H](O)CCC3CC12. The lowest BCUT2D eigenvalue weighted by Gasteiger charge is -2.50. The number of fused-ring (bicyclic) bond motifs is 4. The lowest BCUT2D eigenvalue weighted by Crippen LogP contribution is -2.43. The third-order valence-electron chi connectivity index (χ3n) is 6.95. The van der Waals surface area contributed by atoms with E-state index in [0.29, 0.717) is 11.7 Å². The quantitative estimate of drug-likeness (QED) is 0.728. The minimum Gasteiger partial charge on any atom is -0.393 e. The summed E-state index contributed by atoms with van der Waals surface area (Å²) in [7, 11) is 0. The van der Waals surface area contributed by atoms with Crippen LogP contribution in [0.15, 0.2) is 0 Å². The number of rotatable bonds is 0. The van der Waals surface area contributed by atoms with Gasteiger partial charge in [-0.2, -0.15) is 0 Å². The highest BCUT2D eigenvalue weighted by molar-refractivity contribution is 5.83. The van der Waals surface area contributed by atoms with E-state index < -0.39 is 0 Å². The molecule has 4 fully saturated rings. The maximum atomic E-state index is 12.0. The van der Waals surface area contributed by atoms with E-state index >= 15 is 0 Å². The molecular weight excluding hydrogens is 236 g/mol. The summed E-state index contributed by atoms with van der Waals surface area (Å²) in [5.41, 5.74) is 0. The highest BCUT2D eigenvalue weighted by Gasteiger charge is 2.50. The molecule has 0 aliphatic heterocycles. The van der Waals surface area contributed by atoms with Crippen LogP contribution in [0.1, 0.15) is 57.8 Å². The highest BCUT2D eigenvalue weighted by Crippen LogP contribution is 2.56. The fraction of sp³-hybridized carbons (Fsp3) is 0.941. The number of aliphatic hydroxyl groups excluding tert-OH is 1. The van der Waals surface area contributed by atoms with Crippen molar-refractivity contribution >= 4 is 5.78 Å². The Morgan fingerprint density at radius 2 is 1.63 bits per heavy atom. The molecule has 0 amide bonds. The molecule has 4 rings (SSSR count). The Hall–Kier alpha value is -0.370. The molecule has 3 unspecified atom stereocenters. The van der Waals surface area contributed by atoms with Crippen LogP contribution in [0.4, 0.5) is 0 Å². The largest absolute Gasteiger partial charge is 0.393 e. The lowest BCUT2D eigenvalue weighted by molar-refractivity contribution is -0.123. The molecule has 1 N–H and O–H groups in total. The van der Waals surface area contributed by atoms with E-state index in [1.807, 2.05) is 0 Å². The van der Waals surface area contributed by atoms with E-state index in [2.05, 4.69) is 0 Å². The smallest absolute Gasteiger partial charge is 0.136 e. The van der Waals surface area contributed by atoms with Crippen molar-refractivity contribution in [2.24, 2.45) is 35.5 Å². The fourth-order valence-corrected chi connectivity index (χ4v) is 6.08. The van der Waals surface area contributed by atoms with Gasteiger partial charge in [0.1, 0.15) is 5.78 Å². The van der Waals surface area contributed by atoms with Crippen LogP contribution < -0.4 is 0 Å². The predicted molar refractivity (Wildman–Crippen MR) is 73.5 cm³/mol. The summed E-state index contributed by atoms with van der Waals surface area (Å²) in [6.07, 6.45) is 10.5. The second kappa shape index (κ2) is 4.58. The standard InChI is InChI=1S/C17H26O2/c18-13-3-1-10-9-16-11(7-12(10)8-13)2-4-15-14(16)5-6-17(15)19/h10-16,18H,1-9H2/t10?,11-,12-,13+,14-,15?,16?/m0/s1. The first-order chi connectivity index (χ1) is 9.22. The molecule has 0 spiro atoms. The molecule has 0 aromatic rings. The maximum Gasteiger partial charge on any atom is 0.136 e. The van der Waals surface area contributed by atoms with E-state index in [1.54, 1.807) is 0 Å². The first-order valence-corrected chi connectivity index (χ1v) is 8.43. The molecule has 2 nitrogen and oxygen atoms in total. The van der Waals surface area contributed by atoms with Crippen LogP contribution in [0.2, 0.25) is 0 Å². The van der Waals surface area contributed by atoms with Crippen LogP contribution in [-0.4, -0.2) is 17.0 Å². The summed E-state index contributed by atoms with van der Waals surface area (Å²) in [6, 6.07) is 0. The Kier molecular flexibility index (Phi) is 2.98. The number of carbonyl (C=O) groups excluding carboxylic acids is 1. The molecule has 0 bridgehead atoms. The molecular formula is C17H26O2. The molecule has 106 valence electrons. The zero-order valence-corrected chi connectivity index (χ0v) is 11.8.